The van der Waals surface area contributed by atoms with E-state index in [2.05, 4.69) is 15.3 Å². The average Bonchev–Trinajstić information content (AvgIpc) is 2.88. The maximum absolute atomic E-state index is 13.1. The van der Waals surface area contributed by atoms with Crippen molar-refractivity contribution in [3.8, 4) is 11.5 Å². The number of benzene rings is 1. The van der Waals surface area contributed by atoms with Crippen LogP contribution in [-0.2, 0) is 4.79 Å². The summed E-state index contributed by atoms with van der Waals surface area (Å²) in [4.78, 5) is 28.1. The first-order valence-corrected chi connectivity index (χ1v) is 11.3. The Balaban J connectivity index is 1.35. The quantitative estimate of drug-likeness (QED) is 0.554. The fourth-order valence-corrected chi connectivity index (χ4v) is 3.99. The Labute approximate surface area is 194 Å². The number of pyridine rings is 1. The minimum Gasteiger partial charge on any atom is -0.497 e. The maximum atomic E-state index is 13.1. The van der Waals surface area contributed by atoms with Crippen molar-refractivity contribution in [1.82, 2.24) is 19.9 Å². The molecule has 0 aliphatic carbocycles. The van der Waals surface area contributed by atoms with Crippen LogP contribution < -0.4 is 14.8 Å². The van der Waals surface area contributed by atoms with Gasteiger partial charge in [-0.15, -0.1) is 0 Å². The predicted octanol–water partition coefficient (Wildman–Crippen LogP) is 4.19. The van der Waals surface area contributed by atoms with Gasteiger partial charge in [0.05, 0.1) is 13.3 Å². The van der Waals surface area contributed by atoms with Crippen LogP contribution in [-0.4, -0.2) is 52.1 Å². The molecule has 1 aliphatic rings. The number of aromatic nitrogens is 3. The first-order chi connectivity index (χ1) is 16.2. The molecule has 0 unspecified atom stereocenters. The SMILES string of the molecule is CC[C@@H](Oc1cccc(OC)c1)C(=O)N1CCC(c2cccc(Nc3cnccn3)n2)CC1. The minimum absolute atomic E-state index is 0.0322. The standard InChI is InChI=1S/C25H29N5O3/c1-3-22(33-20-7-4-6-19(16-20)32-2)25(31)30-14-10-18(11-15-30)21-8-5-9-23(28-21)29-24-17-26-12-13-27-24/h4-9,12-13,16-18,22H,3,10-11,14-15H2,1-2H3,(H,27,28,29)/t22-/m1/s1. The number of anilines is 2. The zero-order valence-corrected chi connectivity index (χ0v) is 19.0. The molecule has 1 aromatic carbocycles. The van der Waals surface area contributed by atoms with E-state index >= 15 is 0 Å². The summed E-state index contributed by atoms with van der Waals surface area (Å²) >= 11 is 0. The van der Waals surface area contributed by atoms with Crippen molar-refractivity contribution in [2.75, 3.05) is 25.5 Å². The lowest BCUT2D eigenvalue weighted by atomic mass is 9.92. The van der Waals surface area contributed by atoms with Gasteiger partial charge in [-0.1, -0.05) is 19.1 Å². The van der Waals surface area contributed by atoms with Crippen molar-refractivity contribution in [3.63, 3.8) is 0 Å². The Kier molecular flexibility index (Phi) is 7.34. The number of nitrogens with zero attached hydrogens (tertiary/aromatic N) is 4. The molecule has 33 heavy (non-hydrogen) atoms. The first-order valence-electron chi connectivity index (χ1n) is 11.3. The van der Waals surface area contributed by atoms with Crippen molar-refractivity contribution in [3.05, 3.63) is 66.7 Å². The highest BCUT2D eigenvalue weighted by Gasteiger charge is 2.29. The topological polar surface area (TPSA) is 89.5 Å². The van der Waals surface area contributed by atoms with Gasteiger partial charge in [-0.05, 0) is 43.5 Å². The molecule has 8 heteroatoms. The third-order valence-electron chi connectivity index (χ3n) is 5.78. The summed E-state index contributed by atoms with van der Waals surface area (Å²) in [5, 5.41) is 3.19. The molecule has 8 nitrogen and oxygen atoms in total. The molecular formula is C25H29N5O3. The van der Waals surface area contributed by atoms with Gasteiger partial charge in [-0.2, -0.15) is 0 Å². The number of amides is 1. The molecule has 0 bridgehead atoms. The number of piperidine rings is 1. The Morgan fingerprint density at radius 2 is 1.91 bits per heavy atom. The van der Waals surface area contributed by atoms with Gasteiger partial charge >= 0.3 is 0 Å². The highest BCUT2D eigenvalue weighted by Crippen LogP contribution is 2.29. The number of rotatable bonds is 8. The second kappa shape index (κ2) is 10.8. The number of ether oxygens (including phenoxy) is 2. The fraction of sp³-hybridized carbons (Fsp3) is 0.360. The minimum atomic E-state index is -0.508. The largest absolute Gasteiger partial charge is 0.497 e. The van der Waals surface area contributed by atoms with Crippen LogP contribution in [0.1, 0.15) is 37.8 Å². The molecule has 1 aliphatic heterocycles. The van der Waals surface area contributed by atoms with E-state index in [1.807, 2.05) is 48.2 Å². The number of carbonyl (C=O) groups excluding carboxylic acids is 1. The smallest absolute Gasteiger partial charge is 0.263 e. The molecule has 1 saturated heterocycles. The Morgan fingerprint density at radius 1 is 1.12 bits per heavy atom. The Morgan fingerprint density at radius 3 is 2.64 bits per heavy atom. The zero-order chi connectivity index (χ0) is 23.0. The van der Waals surface area contributed by atoms with Crippen molar-refractivity contribution in [2.24, 2.45) is 0 Å². The van der Waals surface area contributed by atoms with Gasteiger partial charge in [0.1, 0.15) is 23.1 Å². The van der Waals surface area contributed by atoms with Crippen molar-refractivity contribution < 1.29 is 14.3 Å². The highest BCUT2D eigenvalue weighted by atomic mass is 16.5. The predicted molar refractivity (Wildman–Crippen MR) is 126 cm³/mol. The molecule has 172 valence electrons. The summed E-state index contributed by atoms with van der Waals surface area (Å²) in [5.74, 6) is 3.08. The Bertz CT molecular complexity index is 1050. The first kappa shape index (κ1) is 22.5. The molecular weight excluding hydrogens is 418 g/mol. The van der Waals surface area contributed by atoms with E-state index in [1.165, 1.54) is 0 Å². The van der Waals surface area contributed by atoms with E-state index in [9.17, 15) is 4.79 Å². The van der Waals surface area contributed by atoms with Crippen molar-refractivity contribution in [1.29, 1.82) is 0 Å². The summed E-state index contributed by atoms with van der Waals surface area (Å²) in [6, 6.07) is 13.3. The van der Waals surface area contributed by atoms with E-state index in [4.69, 9.17) is 14.5 Å². The number of hydrogen-bond acceptors (Lipinski definition) is 7. The molecule has 1 amide bonds. The summed E-state index contributed by atoms with van der Waals surface area (Å²) in [7, 11) is 1.61. The lowest BCUT2D eigenvalue weighted by molar-refractivity contribution is -0.140. The van der Waals surface area contributed by atoms with Gasteiger partial charge in [0.15, 0.2) is 6.10 Å². The molecule has 0 radical (unpaired) electrons. The lowest BCUT2D eigenvalue weighted by Crippen LogP contribution is -2.45. The van der Waals surface area contributed by atoms with E-state index in [0.29, 0.717) is 42.7 Å². The van der Waals surface area contributed by atoms with Gasteiger partial charge in [-0.3, -0.25) is 9.78 Å². The zero-order valence-electron chi connectivity index (χ0n) is 19.0. The van der Waals surface area contributed by atoms with E-state index in [0.717, 1.165) is 24.4 Å². The third-order valence-corrected chi connectivity index (χ3v) is 5.78. The van der Waals surface area contributed by atoms with Gasteiger partial charge in [0.25, 0.3) is 5.91 Å². The molecule has 0 saturated carbocycles. The summed E-state index contributed by atoms with van der Waals surface area (Å²) in [6.45, 7) is 3.34. The molecule has 0 spiro atoms. The molecule has 3 heterocycles. The van der Waals surface area contributed by atoms with Gasteiger partial charge < -0.3 is 19.7 Å². The normalized spacial score (nSPS) is 15.0. The van der Waals surface area contributed by atoms with E-state index in [-0.39, 0.29) is 5.91 Å². The van der Waals surface area contributed by atoms with Crippen LogP contribution in [0.5, 0.6) is 11.5 Å². The average molecular weight is 448 g/mol. The number of hydrogen-bond donors (Lipinski definition) is 1. The van der Waals surface area contributed by atoms with Gasteiger partial charge in [-0.25, -0.2) is 9.97 Å². The van der Waals surface area contributed by atoms with E-state index < -0.39 is 6.10 Å². The number of nitrogens with one attached hydrogen (secondary N) is 1. The number of likely N-dealkylation sites (tertiary alicyclic amines) is 1. The van der Waals surface area contributed by atoms with Crippen LogP contribution >= 0.6 is 0 Å². The molecule has 1 atom stereocenters. The molecule has 1 N–H and O–H groups in total. The maximum Gasteiger partial charge on any atom is 0.263 e. The van der Waals surface area contributed by atoms with Crippen LogP contribution in [0.3, 0.4) is 0 Å². The van der Waals surface area contributed by atoms with Crippen LogP contribution in [0, 0.1) is 0 Å². The van der Waals surface area contributed by atoms with Crippen LogP contribution in [0.15, 0.2) is 61.1 Å². The van der Waals surface area contributed by atoms with Gasteiger partial charge in [0, 0.05) is 43.2 Å². The second-order valence-electron chi connectivity index (χ2n) is 7.96. The fourth-order valence-electron chi connectivity index (χ4n) is 3.99. The second-order valence-corrected chi connectivity index (χ2v) is 7.96. The summed E-state index contributed by atoms with van der Waals surface area (Å²) in [6.07, 6.45) is 6.76. The number of methoxy groups -OCH3 is 1. The van der Waals surface area contributed by atoms with Crippen LogP contribution in [0.4, 0.5) is 11.6 Å². The van der Waals surface area contributed by atoms with Crippen LogP contribution in [0.2, 0.25) is 0 Å². The van der Waals surface area contributed by atoms with Gasteiger partial charge in [0.2, 0.25) is 0 Å². The lowest BCUT2D eigenvalue weighted by Gasteiger charge is -2.34. The highest BCUT2D eigenvalue weighted by molar-refractivity contribution is 5.81. The Hall–Kier alpha value is -3.68. The van der Waals surface area contributed by atoms with Crippen LogP contribution in [0.25, 0.3) is 0 Å². The molecule has 4 rings (SSSR count). The molecule has 1 fully saturated rings. The molecule has 2 aromatic heterocycles. The van der Waals surface area contributed by atoms with Crippen molar-refractivity contribution in [2.45, 2.75) is 38.2 Å². The third kappa shape index (κ3) is 5.77. The number of carbonyl (C=O) groups is 1. The van der Waals surface area contributed by atoms with Crippen molar-refractivity contribution >= 4 is 17.5 Å². The van der Waals surface area contributed by atoms with E-state index in [1.54, 1.807) is 31.8 Å². The monoisotopic (exact) mass is 447 g/mol. The summed E-state index contributed by atoms with van der Waals surface area (Å²) < 4.78 is 11.3. The molecule has 3 aromatic rings. The summed E-state index contributed by atoms with van der Waals surface area (Å²) in [5.41, 5.74) is 1.02.